The second kappa shape index (κ2) is 8.84. The summed E-state index contributed by atoms with van der Waals surface area (Å²) >= 11 is 1.44. The molecule has 32 heavy (non-hydrogen) atoms. The summed E-state index contributed by atoms with van der Waals surface area (Å²) in [5.41, 5.74) is 2.13. The topological polar surface area (TPSA) is 89.0 Å². The molecule has 1 fully saturated rings. The average molecular weight is 451 g/mol. The van der Waals surface area contributed by atoms with Crippen LogP contribution in [0.25, 0.3) is 5.76 Å². The molecule has 0 aliphatic carbocycles. The zero-order valence-electron chi connectivity index (χ0n) is 17.9. The van der Waals surface area contributed by atoms with Gasteiger partial charge in [0.15, 0.2) is 0 Å². The Balaban J connectivity index is 1.89. The molecule has 1 saturated heterocycles. The first-order valence-electron chi connectivity index (χ1n) is 9.90. The van der Waals surface area contributed by atoms with Gasteiger partial charge in [-0.2, -0.15) is 0 Å². The van der Waals surface area contributed by atoms with Gasteiger partial charge in [0, 0.05) is 29.9 Å². The number of nitrogens with zero attached hydrogens (tertiary/aromatic N) is 2. The minimum Gasteiger partial charge on any atom is -0.507 e. The number of amides is 1. The van der Waals surface area contributed by atoms with Gasteiger partial charge in [0.2, 0.25) is 0 Å². The van der Waals surface area contributed by atoms with Crippen molar-refractivity contribution in [2.75, 3.05) is 14.2 Å². The van der Waals surface area contributed by atoms with Crippen molar-refractivity contribution < 1.29 is 24.2 Å². The highest BCUT2D eigenvalue weighted by molar-refractivity contribution is 7.10. The van der Waals surface area contributed by atoms with Crippen LogP contribution >= 0.6 is 11.3 Å². The average Bonchev–Trinajstić information content (AvgIpc) is 3.34. The number of carbonyl (C=O) groups excluding carboxylic acids is 2. The molecular formula is C24H22N2O5S. The molecule has 3 aromatic rings. The molecule has 0 radical (unpaired) electrons. The van der Waals surface area contributed by atoms with Gasteiger partial charge < -0.3 is 19.5 Å². The van der Waals surface area contributed by atoms with Crippen LogP contribution in [0, 0.1) is 6.92 Å². The van der Waals surface area contributed by atoms with Crippen LogP contribution < -0.4 is 9.47 Å². The highest BCUT2D eigenvalue weighted by Gasteiger charge is 2.47. The molecule has 2 aromatic heterocycles. The van der Waals surface area contributed by atoms with E-state index in [4.69, 9.17) is 9.47 Å². The summed E-state index contributed by atoms with van der Waals surface area (Å²) in [5, 5.41) is 13.2. The quantitative estimate of drug-likeness (QED) is 0.346. The lowest BCUT2D eigenvalue weighted by Gasteiger charge is -2.25. The van der Waals surface area contributed by atoms with Crippen molar-refractivity contribution in [3.63, 3.8) is 0 Å². The lowest BCUT2D eigenvalue weighted by atomic mass is 9.97. The monoisotopic (exact) mass is 450 g/mol. The Morgan fingerprint density at radius 2 is 1.88 bits per heavy atom. The number of benzene rings is 1. The zero-order chi connectivity index (χ0) is 22.8. The lowest BCUT2D eigenvalue weighted by molar-refractivity contribution is -0.140. The predicted molar refractivity (Wildman–Crippen MR) is 121 cm³/mol. The van der Waals surface area contributed by atoms with E-state index in [9.17, 15) is 14.7 Å². The first kappa shape index (κ1) is 21.6. The fourth-order valence-electron chi connectivity index (χ4n) is 3.80. The number of ketones is 1. The smallest absolute Gasteiger partial charge is 0.295 e. The third-order valence-corrected chi connectivity index (χ3v) is 6.53. The number of pyridine rings is 1. The minimum atomic E-state index is -0.729. The lowest BCUT2D eigenvalue weighted by Crippen LogP contribution is -2.29. The summed E-state index contributed by atoms with van der Waals surface area (Å²) in [4.78, 5) is 32.6. The van der Waals surface area contributed by atoms with Crippen molar-refractivity contribution in [2.24, 2.45) is 0 Å². The van der Waals surface area contributed by atoms with Gasteiger partial charge in [0.1, 0.15) is 23.3 Å². The van der Waals surface area contributed by atoms with Crippen LogP contribution in [0.4, 0.5) is 0 Å². The first-order valence-corrected chi connectivity index (χ1v) is 10.8. The molecule has 1 atom stereocenters. The Morgan fingerprint density at radius 1 is 1.12 bits per heavy atom. The summed E-state index contributed by atoms with van der Waals surface area (Å²) in [7, 11) is 2.99. The van der Waals surface area contributed by atoms with E-state index in [1.807, 2.05) is 18.4 Å². The Kier molecular flexibility index (Phi) is 5.96. The fourth-order valence-corrected chi connectivity index (χ4v) is 4.85. The van der Waals surface area contributed by atoms with E-state index in [0.29, 0.717) is 17.1 Å². The first-order chi connectivity index (χ1) is 15.5. The van der Waals surface area contributed by atoms with E-state index in [-0.39, 0.29) is 17.9 Å². The van der Waals surface area contributed by atoms with Crippen LogP contribution in [0.1, 0.15) is 27.6 Å². The molecule has 1 amide bonds. The van der Waals surface area contributed by atoms with E-state index in [0.717, 1.165) is 16.0 Å². The number of Topliss-reactive ketones (excluding diaryl/α,β-unsaturated/α-hetero) is 1. The van der Waals surface area contributed by atoms with E-state index in [2.05, 4.69) is 4.98 Å². The Morgan fingerprint density at radius 3 is 2.50 bits per heavy atom. The summed E-state index contributed by atoms with van der Waals surface area (Å²) < 4.78 is 10.6. The van der Waals surface area contributed by atoms with Crippen molar-refractivity contribution in [3.8, 4) is 11.5 Å². The van der Waals surface area contributed by atoms with Gasteiger partial charge in [-0.15, -0.1) is 11.3 Å². The number of thiophene rings is 1. The van der Waals surface area contributed by atoms with Crippen LogP contribution in [0.2, 0.25) is 0 Å². The third-order valence-electron chi connectivity index (χ3n) is 5.46. The van der Waals surface area contributed by atoms with E-state index in [1.165, 1.54) is 30.5 Å². The molecule has 8 heteroatoms. The minimum absolute atomic E-state index is 0.0399. The molecule has 0 spiro atoms. The molecule has 0 bridgehead atoms. The van der Waals surface area contributed by atoms with E-state index < -0.39 is 17.7 Å². The van der Waals surface area contributed by atoms with Gasteiger partial charge in [-0.3, -0.25) is 14.6 Å². The van der Waals surface area contributed by atoms with Gasteiger partial charge in [0.25, 0.3) is 11.7 Å². The van der Waals surface area contributed by atoms with Crippen molar-refractivity contribution in [3.05, 3.63) is 81.3 Å². The van der Waals surface area contributed by atoms with Crippen LogP contribution in [0.15, 0.2) is 59.7 Å². The number of methoxy groups -OCH3 is 2. The molecule has 0 saturated carbocycles. The fraction of sp³-hybridized carbons (Fsp3) is 0.208. The third kappa shape index (κ3) is 3.73. The summed E-state index contributed by atoms with van der Waals surface area (Å²) in [6.07, 6.45) is 3.28. The largest absolute Gasteiger partial charge is 0.507 e. The highest BCUT2D eigenvalue weighted by atomic mass is 32.1. The van der Waals surface area contributed by atoms with Crippen molar-refractivity contribution >= 4 is 28.8 Å². The number of hydrogen-bond donors (Lipinski definition) is 1. The molecule has 1 aliphatic heterocycles. The number of rotatable bonds is 6. The maximum absolute atomic E-state index is 13.2. The van der Waals surface area contributed by atoms with E-state index in [1.54, 1.807) is 42.7 Å². The zero-order valence-corrected chi connectivity index (χ0v) is 18.7. The number of aliphatic hydroxyl groups is 1. The van der Waals surface area contributed by atoms with Gasteiger partial charge in [-0.05, 0) is 53.8 Å². The molecule has 4 rings (SSSR count). The Hall–Kier alpha value is -3.65. The van der Waals surface area contributed by atoms with Gasteiger partial charge in [-0.1, -0.05) is 0 Å². The van der Waals surface area contributed by atoms with Crippen LogP contribution in [0.3, 0.4) is 0 Å². The molecule has 1 aliphatic rings. The van der Waals surface area contributed by atoms with Crippen LogP contribution in [-0.4, -0.2) is 40.9 Å². The van der Waals surface area contributed by atoms with Crippen molar-refractivity contribution in [2.45, 2.75) is 19.5 Å². The van der Waals surface area contributed by atoms with Gasteiger partial charge >= 0.3 is 0 Å². The number of aromatic nitrogens is 1. The van der Waals surface area contributed by atoms with Crippen LogP contribution in [0.5, 0.6) is 11.5 Å². The molecule has 7 nitrogen and oxygen atoms in total. The highest BCUT2D eigenvalue weighted by Crippen LogP contribution is 2.44. The number of ether oxygens (including phenoxy) is 2. The normalized spacial score (nSPS) is 17.6. The molecule has 164 valence electrons. The van der Waals surface area contributed by atoms with Crippen molar-refractivity contribution in [1.82, 2.24) is 9.88 Å². The Bertz CT molecular complexity index is 1200. The number of aliphatic hydroxyl groups excluding tert-OH is 1. The second-order valence-electron chi connectivity index (χ2n) is 7.32. The second-order valence-corrected chi connectivity index (χ2v) is 8.26. The maximum atomic E-state index is 13.2. The summed E-state index contributed by atoms with van der Waals surface area (Å²) in [6, 6.07) is 9.70. The number of likely N-dealkylation sites (tertiary alicyclic amines) is 1. The molecular weight excluding hydrogens is 428 g/mol. The number of hydrogen-bond acceptors (Lipinski definition) is 7. The van der Waals surface area contributed by atoms with E-state index >= 15 is 0 Å². The molecule has 1 aromatic carbocycles. The van der Waals surface area contributed by atoms with Gasteiger partial charge in [-0.25, -0.2) is 0 Å². The number of carbonyl (C=O) groups is 2. The van der Waals surface area contributed by atoms with Gasteiger partial charge in [0.05, 0.1) is 25.4 Å². The standard InChI is InChI=1S/C24H22N2O5S/c1-14-8-11-32-23(14)20-19(21(27)17-5-4-16(30-2)12-18(17)31-3)22(28)24(29)26(20)13-15-6-9-25-10-7-15/h4-12,20,27H,13H2,1-3H3/b21-19+. The molecule has 1 unspecified atom stereocenters. The SMILES string of the molecule is COc1ccc(/C(O)=C2\C(=O)C(=O)N(Cc3ccncc3)C2c2sccc2C)c(OC)c1. The predicted octanol–water partition coefficient (Wildman–Crippen LogP) is 4.09. The van der Waals surface area contributed by atoms with Crippen LogP contribution in [-0.2, 0) is 16.1 Å². The molecule has 3 heterocycles. The number of aryl methyl sites for hydroxylation is 1. The summed E-state index contributed by atoms with van der Waals surface area (Å²) in [6.45, 7) is 2.14. The Labute approximate surface area is 189 Å². The molecule has 1 N–H and O–H groups in total. The summed E-state index contributed by atoms with van der Waals surface area (Å²) in [5.74, 6) is -0.787. The van der Waals surface area contributed by atoms with Crippen molar-refractivity contribution in [1.29, 1.82) is 0 Å². The maximum Gasteiger partial charge on any atom is 0.295 e.